The second kappa shape index (κ2) is 7.50. The van der Waals surface area contributed by atoms with Crippen molar-refractivity contribution in [3.8, 4) is 0 Å². The number of rotatable bonds is 6. The molecular weight excluding hydrogens is 148 g/mol. The van der Waals surface area contributed by atoms with E-state index in [1.165, 1.54) is 7.11 Å². The zero-order valence-corrected chi connectivity index (χ0v) is 6.96. The summed E-state index contributed by atoms with van der Waals surface area (Å²) in [6, 6.07) is 0. The van der Waals surface area contributed by atoms with Crippen LogP contribution in [0.2, 0.25) is 0 Å². The summed E-state index contributed by atoms with van der Waals surface area (Å²) >= 11 is 0. The van der Waals surface area contributed by atoms with E-state index in [9.17, 15) is 4.79 Å². The van der Waals surface area contributed by atoms with E-state index in [1.807, 2.05) is 6.92 Å². The molecule has 66 valence electrons. The first-order valence-corrected chi connectivity index (χ1v) is 3.53. The molecule has 0 saturated heterocycles. The fourth-order valence-electron chi connectivity index (χ4n) is 0.518. The normalized spacial score (nSPS) is 9.64. The van der Waals surface area contributed by atoms with Gasteiger partial charge in [-0.1, -0.05) is 0 Å². The van der Waals surface area contributed by atoms with Gasteiger partial charge in [-0.15, -0.1) is 0 Å². The predicted molar refractivity (Wildman–Crippen MR) is 39.3 cm³/mol. The van der Waals surface area contributed by atoms with Crippen LogP contribution in [0.5, 0.6) is 0 Å². The van der Waals surface area contributed by atoms with Gasteiger partial charge in [0.05, 0.1) is 6.61 Å². The van der Waals surface area contributed by atoms with Gasteiger partial charge in [0.1, 0.15) is 13.2 Å². The lowest BCUT2D eigenvalue weighted by molar-refractivity contribution is -0.149. The molecule has 0 saturated carbocycles. The summed E-state index contributed by atoms with van der Waals surface area (Å²) in [7, 11) is 1.45. The molecule has 0 bridgehead atoms. The van der Waals surface area contributed by atoms with Gasteiger partial charge in [-0.25, -0.2) is 4.79 Å². The van der Waals surface area contributed by atoms with E-state index in [0.717, 1.165) is 0 Å². The number of hydrogen-bond acceptors (Lipinski definition) is 4. The monoisotopic (exact) mass is 162 g/mol. The summed E-state index contributed by atoms with van der Waals surface area (Å²) in [5, 5.41) is 0. The molecule has 0 spiro atoms. The number of esters is 1. The van der Waals surface area contributed by atoms with Crippen molar-refractivity contribution in [2.75, 3.05) is 33.5 Å². The van der Waals surface area contributed by atoms with Gasteiger partial charge in [-0.05, 0) is 6.92 Å². The SMILES string of the molecule is CCOCCOC(=O)COC. The Morgan fingerprint density at radius 1 is 1.36 bits per heavy atom. The Bertz CT molecular complexity index is 103. The first-order chi connectivity index (χ1) is 5.31. The van der Waals surface area contributed by atoms with Crippen LogP contribution >= 0.6 is 0 Å². The third-order valence-corrected chi connectivity index (χ3v) is 0.957. The minimum atomic E-state index is -0.354. The van der Waals surface area contributed by atoms with Gasteiger partial charge < -0.3 is 14.2 Å². The maximum absolute atomic E-state index is 10.6. The Morgan fingerprint density at radius 2 is 2.09 bits per heavy atom. The van der Waals surface area contributed by atoms with Gasteiger partial charge in [0, 0.05) is 13.7 Å². The fourth-order valence-corrected chi connectivity index (χ4v) is 0.518. The Hall–Kier alpha value is -0.610. The number of ether oxygens (including phenoxy) is 3. The lowest BCUT2D eigenvalue weighted by Crippen LogP contribution is -2.14. The van der Waals surface area contributed by atoms with Gasteiger partial charge in [0.25, 0.3) is 0 Å². The number of carbonyl (C=O) groups excluding carboxylic acids is 1. The summed E-state index contributed by atoms with van der Waals surface area (Å²) in [4.78, 5) is 10.6. The number of carbonyl (C=O) groups is 1. The standard InChI is InChI=1S/C7H14O4/c1-3-10-4-5-11-7(8)6-9-2/h3-6H2,1-2H3. The summed E-state index contributed by atoms with van der Waals surface area (Å²) in [6.07, 6.45) is 0. The largest absolute Gasteiger partial charge is 0.462 e. The van der Waals surface area contributed by atoms with Crippen molar-refractivity contribution in [2.45, 2.75) is 6.92 Å². The summed E-state index contributed by atoms with van der Waals surface area (Å²) in [5.74, 6) is -0.354. The van der Waals surface area contributed by atoms with Crippen LogP contribution in [0, 0.1) is 0 Å². The molecule has 0 unspecified atom stereocenters. The lowest BCUT2D eigenvalue weighted by atomic mass is 10.7. The lowest BCUT2D eigenvalue weighted by Gasteiger charge is -2.02. The van der Waals surface area contributed by atoms with Gasteiger partial charge in [0.15, 0.2) is 0 Å². The summed E-state index contributed by atoms with van der Waals surface area (Å²) in [6.45, 7) is 3.28. The van der Waals surface area contributed by atoms with E-state index >= 15 is 0 Å². The van der Waals surface area contributed by atoms with E-state index in [2.05, 4.69) is 4.74 Å². The van der Waals surface area contributed by atoms with E-state index in [-0.39, 0.29) is 12.6 Å². The third kappa shape index (κ3) is 7.29. The van der Waals surface area contributed by atoms with Crippen molar-refractivity contribution < 1.29 is 19.0 Å². The molecule has 0 atom stereocenters. The van der Waals surface area contributed by atoms with Crippen LogP contribution in [-0.2, 0) is 19.0 Å². The summed E-state index contributed by atoms with van der Waals surface area (Å²) < 4.78 is 14.2. The van der Waals surface area contributed by atoms with Gasteiger partial charge in [0.2, 0.25) is 0 Å². The molecule has 0 radical (unpaired) electrons. The first kappa shape index (κ1) is 10.4. The van der Waals surface area contributed by atoms with Crippen molar-refractivity contribution >= 4 is 5.97 Å². The van der Waals surface area contributed by atoms with Crippen molar-refractivity contribution in [2.24, 2.45) is 0 Å². The summed E-state index contributed by atoms with van der Waals surface area (Å²) in [5.41, 5.74) is 0. The van der Waals surface area contributed by atoms with Crippen molar-refractivity contribution in [3.05, 3.63) is 0 Å². The predicted octanol–water partition coefficient (Wildman–Crippen LogP) is 0.212. The van der Waals surface area contributed by atoms with Crippen LogP contribution in [0.3, 0.4) is 0 Å². The highest BCUT2D eigenvalue weighted by molar-refractivity contribution is 5.70. The average molecular weight is 162 g/mol. The van der Waals surface area contributed by atoms with Crippen LogP contribution in [-0.4, -0.2) is 39.5 Å². The minimum Gasteiger partial charge on any atom is -0.462 e. The molecule has 0 heterocycles. The Morgan fingerprint density at radius 3 is 2.64 bits per heavy atom. The molecule has 0 rings (SSSR count). The molecular formula is C7H14O4. The van der Waals surface area contributed by atoms with Gasteiger partial charge in [-0.3, -0.25) is 0 Å². The maximum atomic E-state index is 10.6. The van der Waals surface area contributed by atoms with Crippen LogP contribution < -0.4 is 0 Å². The second-order valence-electron chi connectivity index (χ2n) is 1.85. The molecule has 0 aliphatic carbocycles. The molecule has 0 aromatic rings. The molecule has 0 aliphatic heterocycles. The minimum absolute atomic E-state index is 0.00608. The molecule has 0 amide bonds. The topological polar surface area (TPSA) is 44.8 Å². The highest BCUT2D eigenvalue weighted by Gasteiger charge is 1.99. The Balaban J connectivity index is 3.04. The number of methoxy groups -OCH3 is 1. The Kier molecular flexibility index (Phi) is 7.08. The third-order valence-electron chi connectivity index (χ3n) is 0.957. The molecule has 0 aromatic heterocycles. The first-order valence-electron chi connectivity index (χ1n) is 3.53. The van der Waals surface area contributed by atoms with E-state index < -0.39 is 0 Å². The van der Waals surface area contributed by atoms with Gasteiger partial charge in [-0.2, -0.15) is 0 Å². The van der Waals surface area contributed by atoms with Crippen molar-refractivity contribution in [1.82, 2.24) is 0 Å². The smallest absolute Gasteiger partial charge is 0.332 e. The zero-order chi connectivity index (χ0) is 8.53. The highest BCUT2D eigenvalue weighted by Crippen LogP contribution is 1.80. The van der Waals surface area contributed by atoms with E-state index in [4.69, 9.17) is 9.47 Å². The zero-order valence-electron chi connectivity index (χ0n) is 6.96. The molecule has 0 fully saturated rings. The molecule has 0 aliphatic rings. The van der Waals surface area contributed by atoms with Crippen molar-refractivity contribution in [1.29, 1.82) is 0 Å². The van der Waals surface area contributed by atoms with Crippen molar-refractivity contribution in [3.63, 3.8) is 0 Å². The fraction of sp³-hybridized carbons (Fsp3) is 0.857. The van der Waals surface area contributed by atoms with Crippen LogP contribution in [0.1, 0.15) is 6.92 Å². The molecule has 11 heavy (non-hydrogen) atoms. The molecule has 0 aromatic carbocycles. The maximum Gasteiger partial charge on any atom is 0.332 e. The van der Waals surface area contributed by atoms with Crippen LogP contribution in [0.25, 0.3) is 0 Å². The van der Waals surface area contributed by atoms with Crippen LogP contribution in [0.15, 0.2) is 0 Å². The average Bonchev–Trinajstić information content (AvgIpc) is 1.99. The van der Waals surface area contributed by atoms with E-state index in [1.54, 1.807) is 0 Å². The molecule has 4 nitrogen and oxygen atoms in total. The quantitative estimate of drug-likeness (QED) is 0.414. The second-order valence-corrected chi connectivity index (χ2v) is 1.85. The molecule has 0 N–H and O–H groups in total. The number of hydrogen-bond donors (Lipinski definition) is 0. The molecule has 4 heteroatoms. The Labute approximate surface area is 66.4 Å². The van der Waals surface area contributed by atoms with Crippen LogP contribution in [0.4, 0.5) is 0 Å². The highest BCUT2D eigenvalue weighted by atomic mass is 16.6. The van der Waals surface area contributed by atoms with Gasteiger partial charge >= 0.3 is 5.97 Å². The van der Waals surface area contributed by atoms with E-state index in [0.29, 0.717) is 19.8 Å².